The minimum atomic E-state index is -4.40. The average Bonchev–Trinajstić information content (AvgIpc) is 1.52. The van der Waals surface area contributed by atoms with E-state index in [1.165, 1.54) is 0 Å². The number of carbonyl (C=O) groups excluding carboxylic acids is 6. The standard InChI is InChI=1S/C86H64O39/c87-31-11-47(93)39-23-63(75(117-59(39)15-31)27-1-3-45(91)51(97)5-27)123-83(113)43-19-35-37(77-65(25-41-49(95)13-33(89)17-61(41)119-77)121-81(111)29-7-53(99)71(105)54(100)8-29)21-57(103)73(107)67(35)79(109)85(115)69(43)70-44(84(114)124-64-24-40-48(94)12-32(88)16-60(40)118-76(64)28-2-4-46(92)52(98)6-28)20-36-38(22-58(104)74(108)68(36)80(110)86(70,116)125-85)78-66(26-42-50(96)14-34(90)18-62(42)120-78)122-82(112)30-9-55(101)72(106)56(102)10-30/h1-22,63-66,69-70,75-78,87-108,115-116H,23-26H2/t63-,64-,65-,66-,69?,70?,75-,76-,77-,78-,85?,86?/m1/s1. The number of aliphatic hydroxyl groups is 2. The van der Waals surface area contributed by atoms with E-state index in [1.54, 1.807) is 0 Å². The van der Waals surface area contributed by atoms with Crippen LogP contribution in [-0.2, 0) is 59.0 Å². The van der Waals surface area contributed by atoms with Gasteiger partial charge in [-0.3, -0.25) is 9.59 Å². The molecule has 5 aliphatic heterocycles. The number of Topliss-reactive ketones (excluding diaryl/α,β-unsaturated/α-hetero) is 2. The highest BCUT2D eigenvalue weighted by atomic mass is 16.7. The first kappa shape index (κ1) is 81.0. The summed E-state index contributed by atoms with van der Waals surface area (Å²) in [5.41, 5.74) is -12.1. The Morgan fingerprint density at radius 3 is 0.888 bits per heavy atom. The van der Waals surface area contributed by atoms with Crippen molar-refractivity contribution in [2.45, 2.75) is 86.1 Å². The molecule has 642 valence electrons. The molecule has 39 nitrogen and oxygen atoms in total. The van der Waals surface area contributed by atoms with Crippen molar-refractivity contribution < 1.29 is 194 Å². The predicted octanol–water partition coefficient (Wildman–Crippen LogP) is 7.09. The van der Waals surface area contributed by atoms with Gasteiger partial charge in [0.25, 0.3) is 0 Å². The van der Waals surface area contributed by atoms with Gasteiger partial charge in [0, 0.05) is 130 Å². The number of aromatic hydroxyl groups is 22. The molecule has 39 heteroatoms. The van der Waals surface area contributed by atoms with Crippen LogP contribution in [0, 0.1) is 11.8 Å². The smallest absolute Gasteiger partial charge is 0.338 e. The second-order valence-corrected chi connectivity index (χ2v) is 30.3. The van der Waals surface area contributed by atoms with Crippen LogP contribution in [0.4, 0.5) is 0 Å². The summed E-state index contributed by atoms with van der Waals surface area (Å²) in [5.74, 6) is -49.3. The molecule has 0 aromatic heterocycles. The van der Waals surface area contributed by atoms with E-state index in [0.717, 1.165) is 84.9 Å². The molecule has 0 spiro atoms. The van der Waals surface area contributed by atoms with Crippen LogP contribution in [0.2, 0.25) is 0 Å². The molecule has 24 N–H and O–H groups in total. The van der Waals surface area contributed by atoms with Gasteiger partial charge in [-0.05, 0) is 83.9 Å². The Balaban J connectivity index is 0.925. The van der Waals surface area contributed by atoms with Crippen LogP contribution in [0.25, 0.3) is 12.2 Å². The van der Waals surface area contributed by atoms with E-state index < -0.39 is 327 Å². The monoisotopic (exact) mass is 1720 g/mol. The fraction of sp³-hybridized carbons (Fsp3) is 0.186. The molecular weight excluding hydrogens is 1660 g/mol. The molecule has 10 aromatic carbocycles. The van der Waals surface area contributed by atoms with Crippen molar-refractivity contribution >= 4 is 47.6 Å². The lowest BCUT2D eigenvalue weighted by Gasteiger charge is -2.36. The number of phenols is 22. The first-order valence-electron chi connectivity index (χ1n) is 37.3. The molecule has 0 bridgehead atoms. The highest BCUT2D eigenvalue weighted by molar-refractivity contribution is 6.16. The second kappa shape index (κ2) is 29.2. The predicted molar refractivity (Wildman–Crippen MR) is 410 cm³/mol. The minimum absolute atomic E-state index is 0.195. The molecule has 17 rings (SSSR count). The third-order valence-corrected chi connectivity index (χ3v) is 22.6. The molecule has 5 heterocycles. The first-order valence-corrected chi connectivity index (χ1v) is 37.3. The lowest BCUT2D eigenvalue weighted by Crippen LogP contribution is -2.48. The molecule has 2 aliphatic carbocycles. The summed E-state index contributed by atoms with van der Waals surface area (Å²) in [6, 6.07) is 16.9. The van der Waals surface area contributed by atoms with Gasteiger partial charge < -0.3 is 165 Å². The average molecular weight is 1720 g/mol. The summed E-state index contributed by atoms with van der Waals surface area (Å²) in [7, 11) is 0. The normalized spacial score (nSPS) is 23.0. The fourth-order valence-electron chi connectivity index (χ4n) is 16.8. The SMILES string of the molecule is O=C(O[C@@H]1Cc2c(O)cc(O)cc2O[C@@H]1c1ccc(O)c(O)c1)C1=Cc2c([C@H]3Oc4cc(O)cc(O)c4C[C@H]3OC(=O)c3cc(O)c(O)c(O)c3)cc(O)c(O)c2C(=O)C2(O)OC3(O)C(=O)c4c(O)c(O)cc([C@H]5Oc6cc(O)cc(O)c6C[C@H]5OC(=O)c5cc(O)c(O)c(O)c5)c4C=C(C(=O)O[C@@H]4Cc5c(O)cc(O)cc5O[C@@H]4c4ccc(O)c(O)c4)C3C12. The second-order valence-electron chi connectivity index (χ2n) is 30.3. The molecule has 4 unspecified atom stereocenters. The van der Waals surface area contributed by atoms with E-state index in [0.29, 0.717) is 48.6 Å². The number of rotatable bonds is 12. The number of carbonyl (C=O) groups is 6. The Hall–Kier alpha value is -16.4. The largest absolute Gasteiger partial charge is 0.508 e. The van der Waals surface area contributed by atoms with Crippen LogP contribution >= 0.6 is 0 Å². The van der Waals surface area contributed by atoms with E-state index in [2.05, 4.69) is 0 Å². The van der Waals surface area contributed by atoms with Crippen molar-refractivity contribution in [3.05, 3.63) is 210 Å². The first-order chi connectivity index (χ1) is 59.2. The Bertz CT molecular complexity index is 6050. The van der Waals surface area contributed by atoms with Crippen molar-refractivity contribution in [1.29, 1.82) is 0 Å². The number of phenolic OH excluding ortho intramolecular Hbond substituents is 22. The van der Waals surface area contributed by atoms with Crippen molar-refractivity contribution in [1.82, 2.24) is 0 Å². The van der Waals surface area contributed by atoms with Crippen LogP contribution < -0.4 is 18.9 Å². The molecule has 12 atom stereocenters. The van der Waals surface area contributed by atoms with Crippen LogP contribution in [0.1, 0.15) is 121 Å². The third kappa shape index (κ3) is 13.4. The van der Waals surface area contributed by atoms with Gasteiger partial charge in [-0.2, -0.15) is 0 Å². The maximum atomic E-state index is 16.9. The molecule has 0 amide bonds. The molecule has 0 radical (unpaired) electrons. The fourth-order valence-corrected chi connectivity index (χ4v) is 16.8. The summed E-state index contributed by atoms with van der Waals surface area (Å²) in [5, 5.41) is 273. The summed E-state index contributed by atoms with van der Waals surface area (Å²) in [6.07, 6.45) is -18.1. The van der Waals surface area contributed by atoms with Crippen molar-refractivity contribution in [3.8, 4) is 149 Å². The third-order valence-electron chi connectivity index (χ3n) is 22.6. The van der Waals surface area contributed by atoms with Crippen molar-refractivity contribution in [3.63, 3.8) is 0 Å². The summed E-state index contributed by atoms with van der Waals surface area (Å²) in [6.45, 7) is 0. The maximum Gasteiger partial charge on any atom is 0.338 e. The van der Waals surface area contributed by atoms with E-state index in [-0.39, 0.29) is 44.9 Å². The molecular formula is C86H64O39. The van der Waals surface area contributed by atoms with Crippen LogP contribution in [0.15, 0.2) is 132 Å². The van der Waals surface area contributed by atoms with Gasteiger partial charge in [0.2, 0.25) is 23.1 Å². The number of hydrogen-bond acceptors (Lipinski definition) is 39. The van der Waals surface area contributed by atoms with Gasteiger partial charge in [-0.25, -0.2) is 19.2 Å². The number of benzene rings is 10. The minimum Gasteiger partial charge on any atom is -0.508 e. The van der Waals surface area contributed by atoms with Gasteiger partial charge in [-0.1, -0.05) is 12.1 Å². The highest BCUT2D eigenvalue weighted by Gasteiger charge is 2.74. The van der Waals surface area contributed by atoms with Gasteiger partial charge in [0.15, 0.2) is 105 Å². The van der Waals surface area contributed by atoms with Crippen molar-refractivity contribution in [2.24, 2.45) is 11.8 Å². The highest BCUT2D eigenvalue weighted by Crippen LogP contribution is 2.62. The molecule has 125 heavy (non-hydrogen) atoms. The van der Waals surface area contributed by atoms with E-state index in [1.807, 2.05) is 0 Å². The van der Waals surface area contributed by atoms with Gasteiger partial charge >= 0.3 is 23.9 Å². The number of ether oxygens (including phenoxy) is 9. The Morgan fingerprint density at radius 2 is 0.584 bits per heavy atom. The van der Waals surface area contributed by atoms with E-state index in [9.17, 15) is 132 Å². The van der Waals surface area contributed by atoms with Gasteiger partial charge in [0.1, 0.15) is 93.4 Å². The van der Waals surface area contributed by atoms with Crippen LogP contribution in [0.3, 0.4) is 0 Å². The Morgan fingerprint density at radius 1 is 0.304 bits per heavy atom. The number of hydrogen-bond donors (Lipinski definition) is 24. The topological polar surface area (TPSA) is 671 Å². The number of fused-ring (bicyclic) bond motifs is 9. The zero-order valence-electron chi connectivity index (χ0n) is 63.2. The summed E-state index contributed by atoms with van der Waals surface area (Å²) < 4.78 is 56.5. The van der Waals surface area contributed by atoms with Crippen LogP contribution in [-0.4, -0.2) is 194 Å². The molecule has 0 saturated carbocycles. The number of ketones is 2. The molecule has 7 aliphatic rings. The van der Waals surface area contributed by atoms with Gasteiger partial charge in [-0.15, -0.1) is 0 Å². The summed E-state index contributed by atoms with van der Waals surface area (Å²) in [4.78, 5) is 96.4. The lowest BCUT2D eigenvalue weighted by molar-refractivity contribution is -0.249. The van der Waals surface area contributed by atoms with Gasteiger partial charge in [0.05, 0.1) is 34.1 Å². The Labute approximate surface area is 696 Å². The Kier molecular flexibility index (Phi) is 18.9. The zero-order valence-corrected chi connectivity index (χ0v) is 63.2. The number of esters is 4. The van der Waals surface area contributed by atoms with Crippen LogP contribution in [0.5, 0.6) is 149 Å². The quantitative estimate of drug-likeness (QED) is 0.0329. The van der Waals surface area contributed by atoms with E-state index >= 15 is 19.2 Å². The van der Waals surface area contributed by atoms with Crippen molar-refractivity contribution in [2.75, 3.05) is 0 Å². The molecule has 10 aromatic rings. The van der Waals surface area contributed by atoms with E-state index in [4.69, 9.17) is 42.6 Å². The summed E-state index contributed by atoms with van der Waals surface area (Å²) >= 11 is 0. The molecule has 1 saturated heterocycles. The maximum absolute atomic E-state index is 16.9. The zero-order chi connectivity index (χ0) is 89.2. The lowest BCUT2D eigenvalue weighted by atomic mass is 9.72. The molecule has 1 fully saturated rings.